The maximum Gasteiger partial charge on any atom is 0.143 e. The molecule has 3 nitrogen and oxygen atoms in total. The molecule has 1 N–H and O–H groups in total. The van der Waals surface area contributed by atoms with Gasteiger partial charge in [-0.15, -0.1) is 0 Å². The van der Waals surface area contributed by atoms with Gasteiger partial charge in [-0.05, 0) is 66.0 Å². The van der Waals surface area contributed by atoms with Crippen LogP contribution in [0.25, 0.3) is 0 Å². The number of rotatable bonds is 5. The molecule has 0 spiro atoms. The lowest BCUT2D eigenvalue weighted by Gasteiger charge is -2.23. The number of hydrogen-bond acceptors (Lipinski definition) is 3. The first kappa shape index (κ1) is 15.5. The summed E-state index contributed by atoms with van der Waals surface area (Å²) in [5.41, 5.74) is 1.22. The predicted molar refractivity (Wildman–Crippen MR) is 95.8 cm³/mol. The maximum atomic E-state index is 4.98. The molecular formula is C17H26IN3. The molecule has 2 aliphatic rings. The van der Waals surface area contributed by atoms with E-state index >= 15 is 0 Å². The minimum absolute atomic E-state index is 0.458. The standard InChI is InChI=1S/C17H26IN3/c1-4-7-19-17-14(18)15(10(2)3)20-16(21-17)13-9-11-5-6-12(13)8-11/h10-13H,4-9H2,1-3H3,(H,19,20,21). The minimum Gasteiger partial charge on any atom is -0.369 e. The van der Waals surface area contributed by atoms with Gasteiger partial charge >= 0.3 is 0 Å². The summed E-state index contributed by atoms with van der Waals surface area (Å²) >= 11 is 2.41. The molecule has 1 aromatic rings. The molecule has 0 radical (unpaired) electrons. The van der Waals surface area contributed by atoms with Crippen LogP contribution in [0.15, 0.2) is 0 Å². The smallest absolute Gasteiger partial charge is 0.143 e. The van der Waals surface area contributed by atoms with Crippen LogP contribution in [0.3, 0.4) is 0 Å². The Bertz CT molecular complexity index is 515. The van der Waals surface area contributed by atoms with Crippen LogP contribution in [0.4, 0.5) is 5.82 Å². The summed E-state index contributed by atoms with van der Waals surface area (Å²) in [6.45, 7) is 7.65. The average molecular weight is 399 g/mol. The molecule has 0 saturated heterocycles. The molecule has 2 bridgehead atoms. The van der Waals surface area contributed by atoms with Gasteiger partial charge in [-0.3, -0.25) is 0 Å². The summed E-state index contributed by atoms with van der Waals surface area (Å²) in [6, 6.07) is 0. The third-order valence-corrected chi connectivity index (χ3v) is 6.12. The van der Waals surface area contributed by atoms with Crippen molar-refractivity contribution >= 4 is 28.4 Å². The number of aromatic nitrogens is 2. The van der Waals surface area contributed by atoms with Crippen molar-refractivity contribution in [3.63, 3.8) is 0 Å². The van der Waals surface area contributed by atoms with Crippen LogP contribution in [0, 0.1) is 15.4 Å². The van der Waals surface area contributed by atoms with Crippen molar-refractivity contribution in [3.05, 3.63) is 15.1 Å². The van der Waals surface area contributed by atoms with Crippen molar-refractivity contribution in [1.82, 2.24) is 9.97 Å². The first-order valence-corrected chi connectivity index (χ1v) is 9.49. The van der Waals surface area contributed by atoms with E-state index in [0.29, 0.717) is 11.8 Å². The number of halogens is 1. The number of anilines is 1. The number of nitrogens with one attached hydrogen (secondary N) is 1. The topological polar surface area (TPSA) is 37.8 Å². The lowest BCUT2D eigenvalue weighted by atomic mass is 9.88. The van der Waals surface area contributed by atoms with Gasteiger partial charge in [0.05, 0.1) is 9.26 Å². The number of hydrogen-bond donors (Lipinski definition) is 1. The predicted octanol–water partition coefficient (Wildman–Crippen LogP) is 4.93. The van der Waals surface area contributed by atoms with Gasteiger partial charge < -0.3 is 5.32 Å². The summed E-state index contributed by atoms with van der Waals surface area (Å²) in [7, 11) is 0. The quantitative estimate of drug-likeness (QED) is 0.714. The van der Waals surface area contributed by atoms with Gasteiger partial charge in [-0.1, -0.05) is 27.2 Å². The molecule has 0 aromatic carbocycles. The zero-order chi connectivity index (χ0) is 15.0. The monoisotopic (exact) mass is 399 g/mol. The van der Waals surface area contributed by atoms with Crippen LogP contribution >= 0.6 is 22.6 Å². The van der Waals surface area contributed by atoms with Gasteiger partial charge in [0.15, 0.2) is 0 Å². The Morgan fingerprint density at radius 1 is 1.24 bits per heavy atom. The molecule has 0 aliphatic heterocycles. The molecule has 2 fully saturated rings. The molecule has 116 valence electrons. The van der Waals surface area contributed by atoms with Gasteiger partial charge in [-0.25, -0.2) is 9.97 Å². The van der Waals surface area contributed by atoms with E-state index in [0.717, 1.165) is 36.4 Å². The minimum atomic E-state index is 0.458. The largest absolute Gasteiger partial charge is 0.369 e. The van der Waals surface area contributed by atoms with E-state index < -0.39 is 0 Å². The summed E-state index contributed by atoms with van der Waals surface area (Å²) in [5.74, 6) is 5.03. The second-order valence-corrected chi connectivity index (χ2v) is 8.07. The van der Waals surface area contributed by atoms with Gasteiger partial charge in [0.25, 0.3) is 0 Å². The maximum absolute atomic E-state index is 4.98. The molecule has 2 aliphatic carbocycles. The SMILES string of the molecule is CCCNc1nc(C2CC3CCC2C3)nc(C(C)C)c1I. The average Bonchev–Trinajstić information content (AvgIpc) is 3.08. The Balaban J connectivity index is 1.94. The van der Waals surface area contributed by atoms with E-state index in [-0.39, 0.29) is 0 Å². The van der Waals surface area contributed by atoms with Crippen LogP contribution < -0.4 is 5.32 Å². The summed E-state index contributed by atoms with van der Waals surface area (Å²) < 4.78 is 1.21. The Morgan fingerprint density at radius 2 is 2.05 bits per heavy atom. The van der Waals surface area contributed by atoms with Crippen LogP contribution in [0.2, 0.25) is 0 Å². The Kier molecular flexibility index (Phi) is 4.71. The Labute approximate surface area is 141 Å². The first-order valence-electron chi connectivity index (χ1n) is 8.41. The highest BCUT2D eigenvalue weighted by molar-refractivity contribution is 14.1. The van der Waals surface area contributed by atoms with Crippen LogP contribution in [-0.2, 0) is 0 Å². The zero-order valence-corrected chi connectivity index (χ0v) is 15.5. The normalized spacial score (nSPS) is 27.6. The molecule has 2 saturated carbocycles. The van der Waals surface area contributed by atoms with Gasteiger partial charge in [0.1, 0.15) is 11.6 Å². The van der Waals surface area contributed by atoms with Crippen molar-refractivity contribution in [3.8, 4) is 0 Å². The molecule has 1 aromatic heterocycles. The van der Waals surface area contributed by atoms with Crippen LogP contribution in [0.1, 0.15) is 76.2 Å². The highest BCUT2D eigenvalue weighted by atomic mass is 127. The lowest BCUT2D eigenvalue weighted by Crippen LogP contribution is -2.17. The number of nitrogens with zero attached hydrogens (tertiary/aromatic N) is 2. The van der Waals surface area contributed by atoms with Gasteiger partial charge in [-0.2, -0.15) is 0 Å². The van der Waals surface area contributed by atoms with Crippen molar-refractivity contribution in [2.45, 2.75) is 64.7 Å². The van der Waals surface area contributed by atoms with E-state index in [1.165, 1.54) is 34.9 Å². The van der Waals surface area contributed by atoms with Crippen LogP contribution in [0.5, 0.6) is 0 Å². The molecule has 1 heterocycles. The van der Waals surface area contributed by atoms with Crippen molar-refractivity contribution in [2.24, 2.45) is 11.8 Å². The molecule has 3 rings (SSSR count). The highest BCUT2D eigenvalue weighted by Crippen LogP contribution is 2.52. The molecule has 3 atom stereocenters. The van der Waals surface area contributed by atoms with Crippen molar-refractivity contribution in [1.29, 1.82) is 0 Å². The Hall–Kier alpha value is -0.390. The molecule has 21 heavy (non-hydrogen) atoms. The fraction of sp³-hybridized carbons (Fsp3) is 0.765. The summed E-state index contributed by atoms with van der Waals surface area (Å²) in [5, 5.41) is 3.51. The first-order chi connectivity index (χ1) is 10.1. The van der Waals surface area contributed by atoms with Gasteiger partial charge in [0.2, 0.25) is 0 Å². The van der Waals surface area contributed by atoms with Crippen LogP contribution in [-0.4, -0.2) is 16.5 Å². The molecule has 0 amide bonds. The molecule has 3 unspecified atom stereocenters. The van der Waals surface area contributed by atoms with E-state index in [1.54, 1.807) is 0 Å². The molecule has 4 heteroatoms. The third-order valence-electron chi connectivity index (χ3n) is 5.05. The van der Waals surface area contributed by atoms with E-state index in [4.69, 9.17) is 9.97 Å². The lowest BCUT2D eigenvalue weighted by molar-refractivity contribution is 0.404. The fourth-order valence-corrected chi connectivity index (χ4v) is 5.01. The molecular weight excluding hydrogens is 373 g/mol. The van der Waals surface area contributed by atoms with Gasteiger partial charge in [0, 0.05) is 12.5 Å². The second kappa shape index (κ2) is 6.39. The Morgan fingerprint density at radius 3 is 2.62 bits per heavy atom. The summed E-state index contributed by atoms with van der Waals surface area (Å²) in [6.07, 6.45) is 6.67. The third kappa shape index (κ3) is 3.06. The fourth-order valence-electron chi connectivity index (χ4n) is 3.95. The zero-order valence-electron chi connectivity index (χ0n) is 13.3. The summed E-state index contributed by atoms with van der Waals surface area (Å²) in [4.78, 5) is 9.91. The van der Waals surface area contributed by atoms with E-state index in [1.807, 2.05) is 0 Å². The van der Waals surface area contributed by atoms with Crippen molar-refractivity contribution < 1.29 is 0 Å². The van der Waals surface area contributed by atoms with Crippen molar-refractivity contribution in [2.75, 3.05) is 11.9 Å². The number of fused-ring (bicyclic) bond motifs is 2. The van der Waals surface area contributed by atoms with E-state index in [2.05, 4.69) is 48.7 Å². The van der Waals surface area contributed by atoms with E-state index in [9.17, 15) is 0 Å². The highest BCUT2D eigenvalue weighted by Gasteiger charge is 2.42. The second-order valence-electron chi connectivity index (χ2n) is 6.99.